The summed E-state index contributed by atoms with van der Waals surface area (Å²) in [7, 11) is 0. The van der Waals surface area contributed by atoms with Crippen LogP contribution in [0.1, 0.15) is 38.3 Å². The molecule has 3 rings (SSSR count). The fourth-order valence-electron chi connectivity index (χ4n) is 3.32. The third kappa shape index (κ3) is 5.88. The zero-order chi connectivity index (χ0) is 24.7. The summed E-state index contributed by atoms with van der Waals surface area (Å²) in [5.74, 6) is 0.135. The van der Waals surface area contributed by atoms with Gasteiger partial charge < -0.3 is 14.2 Å². The predicted octanol–water partition coefficient (Wildman–Crippen LogP) is 4.59. The van der Waals surface area contributed by atoms with E-state index in [2.05, 4.69) is 5.32 Å². The van der Waals surface area contributed by atoms with E-state index < -0.39 is 17.8 Å². The molecule has 9 heteroatoms. The van der Waals surface area contributed by atoms with Gasteiger partial charge in [-0.2, -0.15) is 0 Å². The quantitative estimate of drug-likeness (QED) is 0.390. The minimum Gasteiger partial charge on any atom is -0.492 e. The first-order valence-electron chi connectivity index (χ1n) is 11.1. The van der Waals surface area contributed by atoms with Crippen LogP contribution in [-0.2, 0) is 16.1 Å². The predicted molar refractivity (Wildman–Crippen MR) is 128 cm³/mol. The third-order valence-electron chi connectivity index (χ3n) is 4.86. The number of hydrogen-bond donors (Lipinski definition) is 1. The lowest BCUT2D eigenvalue weighted by Gasteiger charge is -2.26. The monoisotopic (exact) mass is 486 g/mol. The minimum atomic E-state index is -0.791. The summed E-state index contributed by atoms with van der Waals surface area (Å²) in [5, 5.41) is 2.57. The molecule has 180 valence electrons. The molecule has 0 aliphatic carbocycles. The van der Waals surface area contributed by atoms with Crippen molar-refractivity contribution in [3.8, 4) is 17.2 Å². The third-order valence-corrected chi connectivity index (χ3v) is 5.16. The molecule has 8 nitrogen and oxygen atoms in total. The summed E-state index contributed by atoms with van der Waals surface area (Å²) in [6.45, 7) is 7.07. The Morgan fingerprint density at radius 1 is 0.912 bits per heavy atom. The highest BCUT2D eigenvalue weighted by Crippen LogP contribution is 2.30. The van der Waals surface area contributed by atoms with Crippen LogP contribution in [0.2, 0.25) is 5.02 Å². The van der Waals surface area contributed by atoms with Gasteiger partial charge in [0.25, 0.3) is 11.8 Å². The van der Waals surface area contributed by atoms with E-state index >= 15 is 0 Å². The average Bonchev–Trinajstić information content (AvgIpc) is 2.81. The fourth-order valence-corrected chi connectivity index (χ4v) is 3.56. The van der Waals surface area contributed by atoms with Crippen LogP contribution in [0.5, 0.6) is 17.2 Å². The van der Waals surface area contributed by atoms with Crippen LogP contribution in [0.4, 0.5) is 4.79 Å². The molecule has 0 aromatic heterocycles. The van der Waals surface area contributed by atoms with Gasteiger partial charge in [0.05, 0.1) is 31.4 Å². The number of rotatable bonds is 10. The lowest BCUT2D eigenvalue weighted by molar-refractivity contribution is -0.130. The molecule has 1 aliphatic rings. The summed E-state index contributed by atoms with van der Waals surface area (Å²) in [4.78, 5) is 38.9. The topological polar surface area (TPSA) is 94.2 Å². The number of nitrogens with one attached hydrogen (secondary N) is 1. The Morgan fingerprint density at radius 3 is 2.29 bits per heavy atom. The highest BCUT2D eigenvalue weighted by Gasteiger charge is 2.35. The summed E-state index contributed by atoms with van der Waals surface area (Å²) >= 11 is 6.22. The molecule has 34 heavy (non-hydrogen) atoms. The Hall–Kier alpha value is -3.52. The number of ether oxygens (including phenoxy) is 3. The van der Waals surface area contributed by atoms with E-state index in [-0.39, 0.29) is 12.1 Å². The maximum Gasteiger partial charge on any atom is 0.331 e. The second kappa shape index (κ2) is 11.6. The van der Waals surface area contributed by atoms with Crippen LogP contribution < -0.4 is 19.5 Å². The molecule has 0 radical (unpaired) electrons. The van der Waals surface area contributed by atoms with Crippen LogP contribution in [0.25, 0.3) is 6.08 Å². The SMILES string of the molecule is CCCOc1ccc(CN2C(=O)NC(=O)/C(=C\c3ccc(OCC)c(Cl)c3)C2=O)cc1OCC. The molecule has 0 unspecified atom stereocenters. The molecule has 0 atom stereocenters. The van der Waals surface area contributed by atoms with Crippen molar-refractivity contribution in [1.29, 1.82) is 0 Å². The molecule has 0 spiro atoms. The molecule has 1 heterocycles. The summed E-state index contributed by atoms with van der Waals surface area (Å²) in [6.07, 6.45) is 2.24. The van der Waals surface area contributed by atoms with E-state index in [0.29, 0.717) is 53.2 Å². The summed E-state index contributed by atoms with van der Waals surface area (Å²) in [5.41, 5.74) is 0.999. The van der Waals surface area contributed by atoms with E-state index in [1.165, 1.54) is 6.08 Å². The molecule has 4 amide bonds. The maximum atomic E-state index is 13.1. The Balaban J connectivity index is 1.85. The van der Waals surface area contributed by atoms with Crippen LogP contribution in [-0.4, -0.2) is 42.6 Å². The van der Waals surface area contributed by atoms with E-state index in [0.717, 1.165) is 11.3 Å². The minimum absolute atomic E-state index is 0.0482. The van der Waals surface area contributed by atoms with Gasteiger partial charge in [-0.25, -0.2) is 4.79 Å². The molecule has 0 saturated carbocycles. The number of halogens is 1. The second-order valence-electron chi connectivity index (χ2n) is 7.39. The van der Waals surface area contributed by atoms with Crippen LogP contribution >= 0.6 is 11.6 Å². The van der Waals surface area contributed by atoms with Gasteiger partial charge in [-0.05, 0) is 61.7 Å². The van der Waals surface area contributed by atoms with Gasteiger partial charge in [0.15, 0.2) is 11.5 Å². The molecular formula is C25H27ClN2O6. The van der Waals surface area contributed by atoms with Crippen molar-refractivity contribution in [2.75, 3.05) is 19.8 Å². The molecule has 1 saturated heterocycles. The van der Waals surface area contributed by atoms with Crippen molar-refractivity contribution in [2.24, 2.45) is 0 Å². The van der Waals surface area contributed by atoms with Gasteiger partial charge in [-0.3, -0.25) is 19.8 Å². The van der Waals surface area contributed by atoms with E-state index in [1.807, 2.05) is 20.8 Å². The first-order valence-corrected chi connectivity index (χ1v) is 11.4. The molecule has 1 fully saturated rings. The first-order chi connectivity index (χ1) is 16.4. The van der Waals surface area contributed by atoms with Crippen molar-refractivity contribution in [1.82, 2.24) is 10.2 Å². The van der Waals surface area contributed by atoms with Crippen molar-refractivity contribution < 1.29 is 28.6 Å². The first kappa shape index (κ1) is 25.1. The standard InChI is InChI=1S/C25H27ClN2O6/c1-4-11-34-21-10-8-17(14-22(21)33-6-3)15-28-24(30)18(23(29)27-25(28)31)12-16-7-9-20(32-5-2)19(26)13-16/h7-10,12-14H,4-6,11,15H2,1-3H3,(H,27,29,31)/b18-12+. The molecule has 1 aliphatic heterocycles. The lowest BCUT2D eigenvalue weighted by Crippen LogP contribution is -2.53. The number of benzene rings is 2. The van der Waals surface area contributed by atoms with Crippen molar-refractivity contribution in [3.05, 3.63) is 58.1 Å². The molecule has 2 aromatic rings. The van der Waals surface area contributed by atoms with Gasteiger partial charge in [-0.15, -0.1) is 0 Å². The maximum absolute atomic E-state index is 13.1. The van der Waals surface area contributed by atoms with Gasteiger partial charge in [0.1, 0.15) is 11.3 Å². The zero-order valence-corrected chi connectivity index (χ0v) is 20.1. The zero-order valence-electron chi connectivity index (χ0n) is 19.4. The number of barbiturate groups is 1. The number of carbonyl (C=O) groups excluding carboxylic acids is 3. The van der Waals surface area contributed by atoms with Crippen molar-refractivity contribution in [3.63, 3.8) is 0 Å². The molecular weight excluding hydrogens is 460 g/mol. The van der Waals surface area contributed by atoms with E-state index in [4.69, 9.17) is 25.8 Å². The van der Waals surface area contributed by atoms with E-state index in [1.54, 1.807) is 36.4 Å². The van der Waals surface area contributed by atoms with Crippen molar-refractivity contribution in [2.45, 2.75) is 33.7 Å². The smallest absolute Gasteiger partial charge is 0.331 e. The van der Waals surface area contributed by atoms with Gasteiger partial charge >= 0.3 is 6.03 Å². The highest BCUT2D eigenvalue weighted by atomic mass is 35.5. The Morgan fingerprint density at radius 2 is 1.62 bits per heavy atom. The number of hydrogen-bond acceptors (Lipinski definition) is 6. The Bertz CT molecular complexity index is 1110. The van der Waals surface area contributed by atoms with Crippen molar-refractivity contribution >= 4 is 35.5 Å². The van der Waals surface area contributed by atoms with Gasteiger partial charge in [0, 0.05) is 0 Å². The molecule has 2 aromatic carbocycles. The largest absolute Gasteiger partial charge is 0.492 e. The number of nitrogens with zero attached hydrogens (tertiary/aromatic N) is 1. The van der Waals surface area contributed by atoms with Gasteiger partial charge in [0.2, 0.25) is 0 Å². The Kier molecular flexibility index (Phi) is 8.54. The van der Waals surface area contributed by atoms with Crippen LogP contribution in [0, 0.1) is 0 Å². The van der Waals surface area contributed by atoms with Crippen LogP contribution in [0.15, 0.2) is 42.0 Å². The van der Waals surface area contributed by atoms with Crippen LogP contribution in [0.3, 0.4) is 0 Å². The molecule has 1 N–H and O–H groups in total. The molecule has 0 bridgehead atoms. The number of urea groups is 1. The Labute approximate surface area is 203 Å². The highest BCUT2D eigenvalue weighted by molar-refractivity contribution is 6.33. The number of amides is 4. The van der Waals surface area contributed by atoms with E-state index in [9.17, 15) is 14.4 Å². The number of imide groups is 2. The summed E-state index contributed by atoms with van der Waals surface area (Å²) in [6, 6.07) is 9.34. The normalized spacial score (nSPS) is 14.9. The lowest BCUT2D eigenvalue weighted by atomic mass is 10.1. The second-order valence-corrected chi connectivity index (χ2v) is 7.80. The summed E-state index contributed by atoms with van der Waals surface area (Å²) < 4.78 is 16.8. The fraction of sp³-hybridized carbons (Fsp3) is 0.320. The number of carbonyl (C=O) groups is 3. The average molecular weight is 487 g/mol. The van der Waals surface area contributed by atoms with Gasteiger partial charge in [-0.1, -0.05) is 30.7 Å².